The fraction of sp³-hybridized carbons (Fsp3) is 0.308. The second-order valence-corrected chi connectivity index (χ2v) is 9.31. The van der Waals surface area contributed by atoms with Gasteiger partial charge in [-0.25, -0.2) is 0 Å². The van der Waals surface area contributed by atoms with Crippen molar-refractivity contribution in [3.05, 3.63) is 70.3 Å². The average molecular weight is 489 g/mol. The standard InChI is InChI=1S/C26H23N3O7/c1-15-2-11-21-22(12-15)25(32)28(24(21)31)18-7-9-20(10-8-18)36-26(33)16-13-23(30)27(14-16)17-3-5-19(6-4-17)29(34)35/h2-10,16,21-22H,11-14H2,1H3/t16-,21-,22+/m0/s1. The van der Waals surface area contributed by atoms with Crippen molar-refractivity contribution in [2.24, 2.45) is 17.8 Å². The Kier molecular flexibility index (Phi) is 5.87. The van der Waals surface area contributed by atoms with E-state index in [0.29, 0.717) is 24.2 Å². The zero-order valence-corrected chi connectivity index (χ0v) is 19.5. The van der Waals surface area contributed by atoms with Gasteiger partial charge in [0, 0.05) is 30.8 Å². The normalized spacial score (nSPS) is 23.5. The van der Waals surface area contributed by atoms with Crippen molar-refractivity contribution < 1.29 is 28.8 Å². The summed E-state index contributed by atoms with van der Waals surface area (Å²) in [5, 5.41) is 10.8. The van der Waals surface area contributed by atoms with Crippen molar-refractivity contribution in [2.75, 3.05) is 16.3 Å². The van der Waals surface area contributed by atoms with Gasteiger partial charge in [-0.15, -0.1) is 0 Å². The lowest BCUT2D eigenvalue weighted by Gasteiger charge is -2.18. The summed E-state index contributed by atoms with van der Waals surface area (Å²) in [5.41, 5.74) is 1.92. The minimum Gasteiger partial charge on any atom is -0.426 e. The van der Waals surface area contributed by atoms with Crippen molar-refractivity contribution in [1.82, 2.24) is 0 Å². The summed E-state index contributed by atoms with van der Waals surface area (Å²) in [4.78, 5) is 63.8. The van der Waals surface area contributed by atoms with E-state index < -0.39 is 16.8 Å². The monoisotopic (exact) mass is 489 g/mol. The van der Waals surface area contributed by atoms with E-state index in [-0.39, 0.29) is 54.0 Å². The average Bonchev–Trinajstić information content (AvgIpc) is 3.37. The molecule has 3 aliphatic rings. The van der Waals surface area contributed by atoms with Crippen LogP contribution in [0.5, 0.6) is 5.75 Å². The number of amides is 3. The van der Waals surface area contributed by atoms with Crippen LogP contribution in [0.3, 0.4) is 0 Å². The smallest absolute Gasteiger partial charge is 0.316 e. The van der Waals surface area contributed by atoms with Crippen LogP contribution in [0.25, 0.3) is 0 Å². The van der Waals surface area contributed by atoms with Gasteiger partial charge in [0.1, 0.15) is 5.75 Å². The Labute approximate surface area is 206 Å². The second-order valence-electron chi connectivity index (χ2n) is 9.31. The summed E-state index contributed by atoms with van der Waals surface area (Å²) < 4.78 is 5.46. The minimum atomic E-state index is -0.701. The Morgan fingerprint density at radius 1 is 0.944 bits per heavy atom. The zero-order chi connectivity index (χ0) is 25.6. The molecule has 0 bridgehead atoms. The van der Waals surface area contributed by atoms with Crippen molar-refractivity contribution in [3.8, 4) is 5.75 Å². The Bertz CT molecular complexity index is 1300. The SMILES string of the molecule is CC1=CC[C@@H]2C(=O)N(c3ccc(OC(=O)[C@H]4CC(=O)N(c5ccc([N+](=O)[O-])cc5)C4)cc3)C(=O)[C@@H]2C1. The molecular weight excluding hydrogens is 466 g/mol. The first-order valence-electron chi connectivity index (χ1n) is 11.6. The van der Waals surface area contributed by atoms with Crippen LogP contribution >= 0.6 is 0 Å². The van der Waals surface area contributed by atoms with Crippen LogP contribution < -0.4 is 14.5 Å². The molecule has 2 aromatic rings. The number of imide groups is 1. The molecule has 0 N–H and O–H groups in total. The molecule has 184 valence electrons. The van der Waals surface area contributed by atoms with Gasteiger partial charge in [0.05, 0.1) is 28.4 Å². The Balaban J connectivity index is 1.23. The Morgan fingerprint density at radius 3 is 2.25 bits per heavy atom. The number of rotatable bonds is 5. The van der Waals surface area contributed by atoms with Crippen LogP contribution in [-0.2, 0) is 19.2 Å². The predicted molar refractivity (Wildman–Crippen MR) is 128 cm³/mol. The van der Waals surface area contributed by atoms with Gasteiger partial charge in [-0.3, -0.25) is 34.2 Å². The van der Waals surface area contributed by atoms with Gasteiger partial charge in [-0.1, -0.05) is 11.6 Å². The number of nitro benzene ring substituents is 1. The zero-order valence-electron chi connectivity index (χ0n) is 19.5. The maximum absolute atomic E-state index is 12.9. The Morgan fingerprint density at radius 2 is 1.58 bits per heavy atom. The molecule has 5 rings (SSSR count). The largest absolute Gasteiger partial charge is 0.426 e. The van der Waals surface area contributed by atoms with E-state index in [9.17, 15) is 29.3 Å². The maximum atomic E-state index is 12.9. The summed E-state index contributed by atoms with van der Waals surface area (Å²) in [6, 6.07) is 11.7. The van der Waals surface area contributed by atoms with Gasteiger partial charge in [0.15, 0.2) is 0 Å². The van der Waals surface area contributed by atoms with E-state index in [4.69, 9.17) is 4.74 Å². The molecule has 10 heteroatoms. The van der Waals surface area contributed by atoms with E-state index in [2.05, 4.69) is 0 Å². The molecule has 2 aliphatic heterocycles. The molecule has 0 aromatic heterocycles. The van der Waals surface area contributed by atoms with Gasteiger partial charge in [-0.2, -0.15) is 0 Å². The molecule has 36 heavy (non-hydrogen) atoms. The van der Waals surface area contributed by atoms with Crippen molar-refractivity contribution >= 4 is 40.8 Å². The number of carbonyl (C=O) groups excluding carboxylic acids is 4. The van der Waals surface area contributed by atoms with Gasteiger partial charge >= 0.3 is 5.97 Å². The third kappa shape index (κ3) is 4.15. The predicted octanol–water partition coefficient (Wildman–Crippen LogP) is 3.40. The number of nitro groups is 1. The molecule has 3 atom stereocenters. The molecule has 0 unspecified atom stereocenters. The van der Waals surface area contributed by atoms with Crippen molar-refractivity contribution in [1.29, 1.82) is 0 Å². The van der Waals surface area contributed by atoms with Gasteiger partial charge < -0.3 is 9.64 Å². The molecule has 0 spiro atoms. The first kappa shape index (κ1) is 23.4. The highest BCUT2D eigenvalue weighted by Gasteiger charge is 2.48. The molecular formula is C26H23N3O7. The third-order valence-corrected chi connectivity index (χ3v) is 6.97. The lowest BCUT2D eigenvalue weighted by atomic mass is 9.82. The van der Waals surface area contributed by atoms with E-state index in [1.807, 2.05) is 13.0 Å². The minimum absolute atomic E-state index is 0.0408. The second kappa shape index (κ2) is 9.03. The number of carbonyl (C=O) groups is 4. The number of hydrogen-bond donors (Lipinski definition) is 0. The quantitative estimate of drug-likeness (QED) is 0.157. The number of non-ortho nitro benzene ring substituents is 1. The van der Waals surface area contributed by atoms with E-state index in [1.54, 1.807) is 12.1 Å². The van der Waals surface area contributed by atoms with Crippen LogP contribution in [0.1, 0.15) is 26.2 Å². The fourth-order valence-electron chi connectivity index (χ4n) is 5.02. The lowest BCUT2D eigenvalue weighted by molar-refractivity contribution is -0.384. The highest BCUT2D eigenvalue weighted by molar-refractivity contribution is 6.22. The van der Waals surface area contributed by atoms with Crippen LogP contribution in [0.4, 0.5) is 17.1 Å². The van der Waals surface area contributed by atoms with Crippen molar-refractivity contribution in [2.45, 2.75) is 26.2 Å². The molecule has 3 amide bonds. The number of anilines is 2. The van der Waals surface area contributed by atoms with Crippen LogP contribution in [-0.4, -0.2) is 35.2 Å². The van der Waals surface area contributed by atoms with E-state index in [1.165, 1.54) is 46.2 Å². The number of allylic oxidation sites excluding steroid dienone is 2. The van der Waals surface area contributed by atoms with Gasteiger partial charge in [-0.05, 0) is 56.2 Å². The number of ether oxygens (including phenoxy) is 1. The first-order valence-corrected chi connectivity index (χ1v) is 11.6. The highest BCUT2D eigenvalue weighted by Crippen LogP contribution is 2.40. The third-order valence-electron chi connectivity index (χ3n) is 6.97. The molecule has 2 heterocycles. The number of hydrogen-bond acceptors (Lipinski definition) is 7. The summed E-state index contributed by atoms with van der Waals surface area (Å²) in [5.74, 6) is -2.42. The van der Waals surface area contributed by atoms with Crippen LogP contribution in [0.2, 0.25) is 0 Å². The van der Waals surface area contributed by atoms with Crippen molar-refractivity contribution in [3.63, 3.8) is 0 Å². The fourth-order valence-corrected chi connectivity index (χ4v) is 5.02. The summed E-state index contributed by atoms with van der Waals surface area (Å²) in [6.45, 7) is 2.06. The summed E-state index contributed by atoms with van der Waals surface area (Å²) in [6.07, 6.45) is 3.11. The topological polar surface area (TPSA) is 127 Å². The number of fused-ring (bicyclic) bond motifs is 1. The lowest BCUT2D eigenvalue weighted by Crippen LogP contribution is -2.30. The first-order chi connectivity index (χ1) is 17.2. The summed E-state index contributed by atoms with van der Waals surface area (Å²) in [7, 11) is 0. The van der Waals surface area contributed by atoms with E-state index in [0.717, 1.165) is 5.57 Å². The number of esters is 1. The molecule has 0 radical (unpaired) electrons. The molecule has 2 aromatic carbocycles. The molecule has 2 saturated heterocycles. The number of nitrogens with zero attached hydrogens (tertiary/aromatic N) is 3. The molecule has 0 saturated carbocycles. The maximum Gasteiger partial charge on any atom is 0.316 e. The molecule has 2 fully saturated rings. The highest BCUT2D eigenvalue weighted by atomic mass is 16.6. The number of benzene rings is 2. The van der Waals surface area contributed by atoms with Crippen LogP contribution in [0, 0.1) is 27.9 Å². The molecule has 10 nitrogen and oxygen atoms in total. The van der Waals surface area contributed by atoms with Gasteiger partial charge in [0.25, 0.3) is 5.69 Å². The van der Waals surface area contributed by atoms with Gasteiger partial charge in [0.2, 0.25) is 17.7 Å². The Hall–Kier alpha value is -4.34. The van der Waals surface area contributed by atoms with Crippen LogP contribution in [0.15, 0.2) is 60.2 Å². The summed E-state index contributed by atoms with van der Waals surface area (Å²) >= 11 is 0. The van der Waals surface area contributed by atoms with E-state index >= 15 is 0 Å². The molecule has 1 aliphatic carbocycles.